The van der Waals surface area contributed by atoms with Gasteiger partial charge >= 0.3 is 5.97 Å². The number of methoxy groups -OCH3 is 1. The fourth-order valence-electron chi connectivity index (χ4n) is 3.09. The number of carbonyl (C=O) groups is 1. The van der Waals surface area contributed by atoms with Gasteiger partial charge < -0.3 is 10.1 Å². The summed E-state index contributed by atoms with van der Waals surface area (Å²) in [7, 11) is 1.36. The van der Waals surface area contributed by atoms with E-state index in [1.165, 1.54) is 7.11 Å². The predicted molar refractivity (Wildman–Crippen MR) is 110 cm³/mol. The standard InChI is InChI=1S/C20H20ClN5O2/c1-20(2,3)23-18-16(11-5-6-14-13(9-11)17(21)25-24-14)22-15-10-12(19(27)28-4)7-8-26(15)18/h5-10,23H,1-4H3,(H,24,25). The summed E-state index contributed by atoms with van der Waals surface area (Å²) < 4.78 is 6.75. The van der Waals surface area contributed by atoms with Gasteiger partial charge in [-0.25, -0.2) is 9.78 Å². The Morgan fingerprint density at radius 3 is 2.75 bits per heavy atom. The van der Waals surface area contributed by atoms with E-state index in [1.807, 2.05) is 28.8 Å². The summed E-state index contributed by atoms with van der Waals surface area (Å²) in [4.78, 5) is 16.7. The lowest BCUT2D eigenvalue weighted by atomic mass is 10.1. The number of H-pyrrole nitrogens is 1. The number of rotatable bonds is 3. The number of nitrogens with zero attached hydrogens (tertiary/aromatic N) is 3. The number of aromatic nitrogens is 4. The Balaban J connectivity index is 1.94. The lowest BCUT2D eigenvalue weighted by Crippen LogP contribution is -2.27. The number of halogens is 1. The van der Waals surface area contributed by atoms with Crippen LogP contribution in [0.2, 0.25) is 5.15 Å². The summed E-state index contributed by atoms with van der Waals surface area (Å²) in [6, 6.07) is 9.28. The van der Waals surface area contributed by atoms with E-state index < -0.39 is 5.97 Å². The summed E-state index contributed by atoms with van der Waals surface area (Å²) in [5.74, 6) is 0.432. The molecule has 0 fully saturated rings. The number of anilines is 1. The molecule has 8 heteroatoms. The Morgan fingerprint density at radius 1 is 1.25 bits per heavy atom. The third kappa shape index (κ3) is 3.18. The second-order valence-corrected chi connectivity index (χ2v) is 7.95. The molecule has 0 amide bonds. The van der Waals surface area contributed by atoms with Crippen LogP contribution in [0, 0.1) is 0 Å². The molecule has 7 nitrogen and oxygen atoms in total. The molecule has 1 aromatic carbocycles. The SMILES string of the molecule is COC(=O)c1ccn2c(NC(C)(C)C)c(-c3ccc4[nH]nc(Cl)c4c3)nc2c1. The van der Waals surface area contributed by atoms with Gasteiger partial charge in [-0.1, -0.05) is 17.7 Å². The molecule has 4 rings (SSSR count). The Bertz CT molecular complexity index is 1200. The zero-order valence-corrected chi connectivity index (χ0v) is 16.8. The highest BCUT2D eigenvalue weighted by Crippen LogP contribution is 2.34. The van der Waals surface area contributed by atoms with E-state index in [9.17, 15) is 4.79 Å². The molecule has 0 atom stereocenters. The minimum absolute atomic E-state index is 0.191. The molecule has 0 unspecified atom stereocenters. The first-order chi connectivity index (χ1) is 13.3. The van der Waals surface area contributed by atoms with Crippen LogP contribution < -0.4 is 5.32 Å². The van der Waals surface area contributed by atoms with E-state index >= 15 is 0 Å². The first kappa shape index (κ1) is 18.3. The molecule has 2 N–H and O–H groups in total. The summed E-state index contributed by atoms with van der Waals surface area (Å²) in [5.41, 5.74) is 3.41. The third-order valence-corrected chi connectivity index (χ3v) is 4.62. The van der Waals surface area contributed by atoms with Crippen LogP contribution in [0.3, 0.4) is 0 Å². The van der Waals surface area contributed by atoms with E-state index in [4.69, 9.17) is 21.3 Å². The van der Waals surface area contributed by atoms with Crippen molar-refractivity contribution in [1.82, 2.24) is 19.6 Å². The number of imidazole rings is 1. The summed E-state index contributed by atoms with van der Waals surface area (Å²) >= 11 is 6.19. The molecule has 4 aromatic rings. The van der Waals surface area contributed by atoms with Gasteiger partial charge in [0.05, 0.1) is 18.2 Å². The maximum absolute atomic E-state index is 11.9. The molecule has 3 aromatic heterocycles. The second-order valence-electron chi connectivity index (χ2n) is 7.59. The quantitative estimate of drug-likeness (QED) is 0.496. The molecule has 0 aliphatic heterocycles. The molecule has 0 saturated heterocycles. The van der Waals surface area contributed by atoms with Crippen molar-refractivity contribution in [2.24, 2.45) is 0 Å². The van der Waals surface area contributed by atoms with Gasteiger partial charge in [-0.15, -0.1) is 0 Å². The summed E-state index contributed by atoms with van der Waals surface area (Å²) in [5, 5.41) is 11.7. The summed E-state index contributed by atoms with van der Waals surface area (Å²) in [6.45, 7) is 6.24. The van der Waals surface area contributed by atoms with Crippen LogP contribution in [0.5, 0.6) is 0 Å². The number of ether oxygens (including phenoxy) is 1. The minimum atomic E-state index is -0.399. The van der Waals surface area contributed by atoms with Gasteiger partial charge in [-0.05, 0) is 45.0 Å². The van der Waals surface area contributed by atoms with Crippen molar-refractivity contribution in [3.05, 3.63) is 47.2 Å². The average molecular weight is 398 g/mol. The highest BCUT2D eigenvalue weighted by atomic mass is 35.5. The molecule has 28 heavy (non-hydrogen) atoms. The van der Waals surface area contributed by atoms with Gasteiger partial charge in [0.25, 0.3) is 0 Å². The normalized spacial score (nSPS) is 11.9. The van der Waals surface area contributed by atoms with E-state index in [0.29, 0.717) is 16.4 Å². The van der Waals surface area contributed by atoms with E-state index in [2.05, 4.69) is 36.3 Å². The maximum atomic E-state index is 11.9. The third-order valence-electron chi connectivity index (χ3n) is 4.33. The molecule has 0 aliphatic rings. The topological polar surface area (TPSA) is 84.3 Å². The van der Waals surface area contributed by atoms with E-state index in [1.54, 1.807) is 12.1 Å². The number of fused-ring (bicyclic) bond motifs is 2. The summed E-state index contributed by atoms with van der Waals surface area (Å²) in [6.07, 6.45) is 1.81. The first-order valence-electron chi connectivity index (χ1n) is 8.79. The van der Waals surface area contributed by atoms with Crippen LogP contribution in [0.15, 0.2) is 36.5 Å². The molecular formula is C20H20ClN5O2. The highest BCUT2D eigenvalue weighted by Gasteiger charge is 2.21. The smallest absolute Gasteiger partial charge is 0.338 e. The highest BCUT2D eigenvalue weighted by molar-refractivity contribution is 6.34. The van der Waals surface area contributed by atoms with Crippen LogP contribution in [-0.4, -0.2) is 38.2 Å². The number of hydrogen-bond acceptors (Lipinski definition) is 5. The maximum Gasteiger partial charge on any atom is 0.338 e. The van der Waals surface area contributed by atoms with Crippen LogP contribution in [0.25, 0.3) is 27.8 Å². The van der Waals surface area contributed by atoms with Crippen LogP contribution >= 0.6 is 11.6 Å². The van der Waals surface area contributed by atoms with Gasteiger partial charge in [0.15, 0.2) is 5.15 Å². The Morgan fingerprint density at radius 2 is 2.04 bits per heavy atom. The zero-order valence-electron chi connectivity index (χ0n) is 16.0. The fraction of sp³-hybridized carbons (Fsp3) is 0.250. The van der Waals surface area contributed by atoms with E-state index in [0.717, 1.165) is 28.0 Å². The van der Waals surface area contributed by atoms with Crippen LogP contribution in [-0.2, 0) is 4.74 Å². The first-order valence-corrected chi connectivity index (χ1v) is 9.17. The molecule has 0 radical (unpaired) electrons. The van der Waals surface area contributed by atoms with Crippen molar-refractivity contribution in [3.63, 3.8) is 0 Å². The van der Waals surface area contributed by atoms with Gasteiger partial charge in [0, 0.05) is 22.7 Å². The number of aromatic amines is 1. The lowest BCUT2D eigenvalue weighted by Gasteiger charge is -2.22. The van der Waals surface area contributed by atoms with Gasteiger partial charge in [-0.2, -0.15) is 5.10 Å². The molecule has 0 saturated carbocycles. The molecule has 3 heterocycles. The molecule has 0 aliphatic carbocycles. The molecular weight excluding hydrogens is 378 g/mol. The second kappa shape index (κ2) is 6.53. The van der Waals surface area contributed by atoms with Crippen molar-refractivity contribution in [2.75, 3.05) is 12.4 Å². The van der Waals surface area contributed by atoms with Gasteiger partial charge in [0.1, 0.15) is 17.2 Å². The van der Waals surface area contributed by atoms with Gasteiger partial charge in [0.2, 0.25) is 0 Å². The average Bonchev–Trinajstić information content (AvgIpc) is 3.20. The largest absolute Gasteiger partial charge is 0.465 e. The van der Waals surface area contributed by atoms with Crippen LogP contribution in [0.1, 0.15) is 31.1 Å². The number of esters is 1. The molecule has 144 valence electrons. The van der Waals surface area contributed by atoms with Gasteiger partial charge in [-0.3, -0.25) is 9.50 Å². The lowest BCUT2D eigenvalue weighted by molar-refractivity contribution is 0.0600. The Hall–Kier alpha value is -3.06. The monoisotopic (exact) mass is 397 g/mol. The van der Waals surface area contributed by atoms with Crippen molar-refractivity contribution < 1.29 is 9.53 Å². The van der Waals surface area contributed by atoms with Crippen molar-refractivity contribution in [3.8, 4) is 11.3 Å². The fourth-order valence-corrected chi connectivity index (χ4v) is 3.29. The molecule has 0 spiro atoms. The predicted octanol–water partition coefficient (Wildman–Crippen LogP) is 4.53. The minimum Gasteiger partial charge on any atom is -0.465 e. The number of pyridine rings is 1. The van der Waals surface area contributed by atoms with E-state index in [-0.39, 0.29) is 5.54 Å². The number of carbonyl (C=O) groups excluding carboxylic acids is 1. The Kier molecular flexibility index (Phi) is 4.27. The molecule has 0 bridgehead atoms. The van der Waals surface area contributed by atoms with Crippen molar-refractivity contribution in [2.45, 2.75) is 26.3 Å². The zero-order chi connectivity index (χ0) is 20.1. The Labute approximate surface area is 166 Å². The number of hydrogen-bond donors (Lipinski definition) is 2. The number of benzene rings is 1. The van der Waals surface area contributed by atoms with Crippen molar-refractivity contribution in [1.29, 1.82) is 0 Å². The van der Waals surface area contributed by atoms with Crippen molar-refractivity contribution >= 4 is 39.9 Å². The number of nitrogens with one attached hydrogen (secondary N) is 2. The van der Waals surface area contributed by atoms with Crippen LogP contribution in [0.4, 0.5) is 5.82 Å².